The molecule has 6 heteroatoms. The highest BCUT2D eigenvalue weighted by Gasteiger charge is 2.30. The predicted molar refractivity (Wildman–Crippen MR) is 124 cm³/mol. The van der Waals surface area contributed by atoms with Gasteiger partial charge in [0.1, 0.15) is 0 Å². The Balaban J connectivity index is 1.29. The molecule has 0 N–H and O–H groups in total. The fraction of sp³-hybridized carbons (Fsp3) is 0.269. The first-order chi connectivity index (χ1) is 15.8. The summed E-state index contributed by atoms with van der Waals surface area (Å²) in [4.78, 5) is 13.8. The molecule has 2 aromatic carbocycles. The number of hydrogen-bond donors (Lipinski definition) is 0. The molecule has 0 spiro atoms. The molecular formula is C26H27N5O. The lowest BCUT2D eigenvalue weighted by Gasteiger charge is -2.41. The highest BCUT2D eigenvalue weighted by atomic mass is 16.5. The summed E-state index contributed by atoms with van der Waals surface area (Å²) in [6.45, 7) is 5.98. The highest BCUT2D eigenvalue weighted by Crippen LogP contribution is 2.31. The third-order valence-corrected chi connectivity index (χ3v) is 6.21. The van der Waals surface area contributed by atoms with Crippen molar-refractivity contribution in [3.05, 3.63) is 102 Å². The second kappa shape index (κ2) is 9.42. The lowest BCUT2D eigenvalue weighted by molar-refractivity contribution is 0.0726. The van der Waals surface area contributed by atoms with Gasteiger partial charge in [-0.15, -0.1) is 0 Å². The maximum Gasteiger partial charge on any atom is 0.244 e. The van der Waals surface area contributed by atoms with Gasteiger partial charge in [-0.2, -0.15) is 4.98 Å². The maximum atomic E-state index is 5.60. The Labute approximate surface area is 188 Å². The number of pyridine rings is 1. The van der Waals surface area contributed by atoms with Crippen LogP contribution in [0, 0.1) is 0 Å². The SMILES string of the molecule is CC(c1nc(-c2cccnc2)no1)N1CCN(C(c2ccccc2)c2ccccc2)CC1. The van der Waals surface area contributed by atoms with E-state index in [1.165, 1.54) is 11.1 Å². The van der Waals surface area contributed by atoms with Crippen LogP contribution in [0.15, 0.2) is 89.7 Å². The van der Waals surface area contributed by atoms with Crippen LogP contribution < -0.4 is 0 Å². The minimum absolute atomic E-state index is 0.0713. The summed E-state index contributed by atoms with van der Waals surface area (Å²) < 4.78 is 5.60. The Kier molecular flexibility index (Phi) is 6.05. The average molecular weight is 426 g/mol. The highest BCUT2D eigenvalue weighted by molar-refractivity contribution is 5.51. The molecule has 162 valence electrons. The van der Waals surface area contributed by atoms with E-state index in [1.54, 1.807) is 12.4 Å². The Bertz CT molecular complexity index is 1070. The topological polar surface area (TPSA) is 58.3 Å². The van der Waals surface area contributed by atoms with Crippen LogP contribution in [-0.4, -0.2) is 51.1 Å². The van der Waals surface area contributed by atoms with E-state index in [-0.39, 0.29) is 12.1 Å². The molecule has 0 aliphatic carbocycles. The molecule has 1 aliphatic rings. The molecule has 3 heterocycles. The molecule has 0 amide bonds. The van der Waals surface area contributed by atoms with E-state index >= 15 is 0 Å². The van der Waals surface area contributed by atoms with Crippen LogP contribution in [0.3, 0.4) is 0 Å². The molecule has 0 saturated carbocycles. The van der Waals surface area contributed by atoms with Crippen molar-refractivity contribution in [1.82, 2.24) is 24.9 Å². The molecule has 32 heavy (non-hydrogen) atoms. The molecule has 1 unspecified atom stereocenters. The Morgan fingerprint density at radius 1 is 0.781 bits per heavy atom. The van der Waals surface area contributed by atoms with Gasteiger partial charge in [0, 0.05) is 44.1 Å². The van der Waals surface area contributed by atoms with E-state index < -0.39 is 0 Å². The first-order valence-corrected chi connectivity index (χ1v) is 11.1. The Morgan fingerprint density at radius 2 is 1.41 bits per heavy atom. The van der Waals surface area contributed by atoms with Crippen molar-refractivity contribution in [1.29, 1.82) is 0 Å². The summed E-state index contributed by atoms with van der Waals surface area (Å²) >= 11 is 0. The van der Waals surface area contributed by atoms with Gasteiger partial charge in [0.15, 0.2) is 0 Å². The number of hydrogen-bond acceptors (Lipinski definition) is 6. The zero-order valence-corrected chi connectivity index (χ0v) is 18.2. The van der Waals surface area contributed by atoms with Gasteiger partial charge in [-0.3, -0.25) is 14.8 Å². The standard InChI is InChI=1S/C26H27N5O/c1-20(26-28-25(29-32-26)23-13-8-14-27-19-23)30-15-17-31(18-16-30)24(21-9-4-2-5-10-21)22-11-6-3-7-12-22/h2-14,19-20,24H,15-18H2,1H3. The van der Waals surface area contributed by atoms with Gasteiger partial charge in [-0.1, -0.05) is 65.8 Å². The van der Waals surface area contributed by atoms with Gasteiger partial charge in [0.25, 0.3) is 0 Å². The van der Waals surface area contributed by atoms with Crippen LogP contribution in [0.5, 0.6) is 0 Å². The monoisotopic (exact) mass is 425 g/mol. The fourth-order valence-corrected chi connectivity index (χ4v) is 4.44. The lowest BCUT2D eigenvalue weighted by Crippen LogP contribution is -2.48. The van der Waals surface area contributed by atoms with Crippen LogP contribution in [0.4, 0.5) is 0 Å². The van der Waals surface area contributed by atoms with Gasteiger partial charge in [-0.25, -0.2) is 0 Å². The molecule has 1 atom stereocenters. The minimum Gasteiger partial charge on any atom is -0.337 e. The third-order valence-electron chi connectivity index (χ3n) is 6.21. The van der Waals surface area contributed by atoms with Crippen LogP contribution in [0.1, 0.15) is 36.0 Å². The molecule has 1 aliphatic heterocycles. The smallest absolute Gasteiger partial charge is 0.244 e. The molecule has 2 aromatic heterocycles. The van der Waals surface area contributed by atoms with Crippen LogP contribution >= 0.6 is 0 Å². The summed E-state index contributed by atoms with van der Waals surface area (Å²) in [5.74, 6) is 1.24. The van der Waals surface area contributed by atoms with Crippen LogP contribution in [0.25, 0.3) is 11.4 Å². The number of nitrogens with zero attached hydrogens (tertiary/aromatic N) is 5. The molecule has 4 aromatic rings. The van der Waals surface area contributed by atoms with Crippen molar-refractivity contribution < 1.29 is 4.52 Å². The van der Waals surface area contributed by atoms with Crippen molar-refractivity contribution in [3.8, 4) is 11.4 Å². The van der Waals surface area contributed by atoms with Crippen molar-refractivity contribution >= 4 is 0 Å². The van der Waals surface area contributed by atoms with Crippen molar-refractivity contribution in [2.75, 3.05) is 26.2 Å². The number of rotatable bonds is 6. The first-order valence-electron chi connectivity index (χ1n) is 11.1. The molecule has 5 rings (SSSR count). The molecular weight excluding hydrogens is 398 g/mol. The van der Waals surface area contributed by atoms with Crippen molar-refractivity contribution in [3.63, 3.8) is 0 Å². The van der Waals surface area contributed by atoms with E-state index in [0.717, 1.165) is 31.7 Å². The quantitative estimate of drug-likeness (QED) is 0.450. The molecule has 6 nitrogen and oxygen atoms in total. The minimum atomic E-state index is 0.0713. The zero-order chi connectivity index (χ0) is 21.8. The van der Waals surface area contributed by atoms with Gasteiger partial charge >= 0.3 is 0 Å². The third kappa shape index (κ3) is 4.33. The molecule has 1 fully saturated rings. The number of aromatic nitrogens is 3. The summed E-state index contributed by atoms with van der Waals surface area (Å²) in [5.41, 5.74) is 3.53. The zero-order valence-electron chi connectivity index (χ0n) is 18.2. The Hall–Kier alpha value is -3.35. The van der Waals surface area contributed by atoms with Crippen LogP contribution in [-0.2, 0) is 0 Å². The first kappa shape index (κ1) is 20.5. The summed E-state index contributed by atoms with van der Waals surface area (Å²) in [6, 6.07) is 25.7. The molecule has 0 bridgehead atoms. The molecule has 1 saturated heterocycles. The number of benzene rings is 2. The van der Waals surface area contributed by atoms with Gasteiger partial charge in [0.2, 0.25) is 11.7 Å². The fourth-order valence-electron chi connectivity index (χ4n) is 4.44. The lowest BCUT2D eigenvalue weighted by atomic mass is 9.96. The Morgan fingerprint density at radius 3 is 2.00 bits per heavy atom. The largest absolute Gasteiger partial charge is 0.337 e. The predicted octanol–water partition coefficient (Wildman–Crippen LogP) is 4.60. The summed E-state index contributed by atoms with van der Waals surface area (Å²) in [7, 11) is 0. The van der Waals surface area contributed by atoms with Crippen LogP contribution in [0.2, 0.25) is 0 Å². The van der Waals surface area contributed by atoms with E-state index in [2.05, 4.69) is 92.5 Å². The van der Waals surface area contributed by atoms with Gasteiger partial charge in [0.05, 0.1) is 12.1 Å². The van der Waals surface area contributed by atoms with E-state index in [0.29, 0.717) is 11.7 Å². The summed E-state index contributed by atoms with van der Waals surface area (Å²) in [6.07, 6.45) is 3.50. The summed E-state index contributed by atoms with van der Waals surface area (Å²) in [5, 5.41) is 4.16. The second-order valence-electron chi connectivity index (χ2n) is 8.17. The van der Waals surface area contributed by atoms with E-state index in [1.807, 2.05) is 12.1 Å². The normalized spacial score (nSPS) is 16.3. The molecule has 0 radical (unpaired) electrons. The average Bonchev–Trinajstić information content (AvgIpc) is 3.37. The van der Waals surface area contributed by atoms with Crippen molar-refractivity contribution in [2.24, 2.45) is 0 Å². The maximum absolute atomic E-state index is 5.60. The number of piperazine rings is 1. The van der Waals surface area contributed by atoms with E-state index in [4.69, 9.17) is 4.52 Å². The van der Waals surface area contributed by atoms with Gasteiger partial charge in [-0.05, 0) is 30.2 Å². The van der Waals surface area contributed by atoms with E-state index in [9.17, 15) is 0 Å². The van der Waals surface area contributed by atoms with Gasteiger partial charge < -0.3 is 4.52 Å². The van der Waals surface area contributed by atoms with Crippen molar-refractivity contribution in [2.45, 2.75) is 19.0 Å². The second-order valence-corrected chi connectivity index (χ2v) is 8.17.